The number of unbranched alkanes of at least 4 members (excludes halogenated alkanes) is 2. The van der Waals surface area contributed by atoms with Crippen LogP contribution in [0.3, 0.4) is 0 Å². The third-order valence-electron chi connectivity index (χ3n) is 2.00. The Kier molecular flexibility index (Phi) is 69.4. The van der Waals surface area contributed by atoms with Crippen molar-refractivity contribution < 1.29 is 37.7 Å². The zero-order valence-corrected chi connectivity index (χ0v) is 17.4. The van der Waals surface area contributed by atoms with Crippen molar-refractivity contribution in [1.29, 1.82) is 0 Å². The van der Waals surface area contributed by atoms with Crippen molar-refractivity contribution in [1.82, 2.24) is 0 Å². The normalized spacial score (nSPS) is 10.8. The van der Waals surface area contributed by atoms with E-state index in [1.54, 1.807) is 13.8 Å². The first-order valence-electron chi connectivity index (χ1n) is 7.49. The molecule has 0 aliphatic heterocycles. The summed E-state index contributed by atoms with van der Waals surface area (Å²) in [7, 11) is 0. The summed E-state index contributed by atoms with van der Waals surface area (Å²) in [6, 6.07) is 0. The summed E-state index contributed by atoms with van der Waals surface area (Å²) in [5, 5.41) is 16.7. The van der Waals surface area contributed by atoms with E-state index in [4.69, 9.17) is 13.0 Å². The maximum absolute atomic E-state index is 8.36. The molecule has 0 rings (SSSR count). The first kappa shape index (κ1) is 32.5. The SMILES string of the molecule is CCC(C)O.CCC(C)O.C[CH-]CC.C[CH-]CC.[O]=[Zr+2]. The average Bonchev–Trinajstić information content (AvgIpc) is 2.50. The second-order valence-corrected chi connectivity index (χ2v) is 4.15. The van der Waals surface area contributed by atoms with E-state index in [9.17, 15) is 0 Å². The number of aliphatic hydroxyl groups is 2. The number of hydrogen-bond acceptors (Lipinski definition) is 3. The molecule has 4 heteroatoms. The van der Waals surface area contributed by atoms with Crippen molar-refractivity contribution in [2.75, 3.05) is 0 Å². The molecule has 0 saturated heterocycles. The Morgan fingerprint density at radius 1 is 0.800 bits per heavy atom. The summed E-state index contributed by atoms with van der Waals surface area (Å²) in [4.78, 5) is 0. The molecule has 0 heterocycles. The molecular weight excluding hydrogens is 331 g/mol. The molecule has 20 heavy (non-hydrogen) atoms. The van der Waals surface area contributed by atoms with Gasteiger partial charge in [-0.1, -0.05) is 27.7 Å². The van der Waals surface area contributed by atoms with Gasteiger partial charge in [0.2, 0.25) is 0 Å². The van der Waals surface area contributed by atoms with Crippen LogP contribution < -0.4 is 0 Å². The molecule has 0 aromatic rings. The molecule has 124 valence electrons. The molecule has 0 aliphatic rings. The van der Waals surface area contributed by atoms with Gasteiger partial charge >= 0.3 is 27.5 Å². The Morgan fingerprint density at radius 3 is 0.900 bits per heavy atom. The van der Waals surface area contributed by atoms with E-state index >= 15 is 0 Å². The van der Waals surface area contributed by atoms with Crippen molar-refractivity contribution in [3.8, 4) is 0 Å². The van der Waals surface area contributed by atoms with Gasteiger partial charge in [0.1, 0.15) is 0 Å². The van der Waals surface area contributed by atoms with Gasteiger partial charge in [0.05, 0.1) is 12.2 Å². The third-order valence-corrected chi connectivity index (χ3v) is 2.00. The number of rotatable bonds is 4. The fourth-order valence-electron chi connectivity index (χ4n) is 0. The molecule has 2 atom stereocenters. The molecular formula is C16H38O3Zr. The van der Waals surface area contributed by atoms with Crippen LogP contribution in [0.4, 0.5) is 0 Å². The fourth-order valence-corrected chi connectivity index (χ4v) is 0. The first-order valence-corrected chi connectivity index (χ1v) is 8.49. The summed E-state index contributed by atoms with van der Waals surface area (Å²) >= 11 is 0.300. The summed E-state index contributed by atoms with van der Waals surface area (Å²) in [5.74, 6) is 0. The van der Waals surface area contributed by atoms with Gasteiger partial charge in [-0.25, -0.2) is 0 Å². The second-order valence-electron chi connectivity index (χ2n) is 4.15. The van der Waals surface area contributed by atoms with E-state index < -0.39 is 0 Å². The van der Waals surface area contributed by atoms with Crippen LogP contribution in [-0.4, -0.2) is 22.4 Å². The Hall–Kier alpha value is 0.603. The second kappa shape index (κ2) is 42.7. The van der Waals surface area contributed by atoms with E-state index in [0.29, 0.717) is 24.7 Å². The fraction of sp³-hybridized carbons (Fsp3) is 0.875. The van der Waals surface area contributed by atoms with Gasteiger partial charge in [-0.05, 0) is 26.7 Å². The van der Waals surface area contributed by atoms with Gasteiger partial charge in [0.15, 0.2) is 0 Å². The van der Waals surface area contributed by atoms with E-state index in [1.165, 1.54) is 12.8 Å². The molecule has 0 radical (unpaired) electrons. The van der Waals surface area contributed by atoms with Crippen molar-refractivity contribution >= 4 is 0 Å². The van der Waals surface area contributed by atoms with Gasteiger partial charge in [0, 0.05) is 0 Å². The summed E-state index contributed by atoms with van der Waals surface area (Å²) in [6.07, 6.45) is 8.13. The summed E-state index contributed by atoms with van der Waals surface area (Å²) < 4.78 is 8.34. The summed E-state index contributed by atoms with van der Waals surface area (Å²) in [6.45, 7) is 15.8. The predicted octanol–water partition coefficient (Wildman–Crippen LogP) is 4.67. The molecule has 0 saturated carbocycles. The Balaban J connectivity index is -0.0000000482. The van der Waals surface area contributed by atoms with Gasteiger partial charge in [0.25, 0.3) is 0 Å². The Labute approximate surface area is 143 Å². The average molecular weight is 370 g/mol. The topological polar surface area (TPSA) is 57.5 Å². The molecule has 0 aromatic heterocycles. The molecule has 0 spiro atoms. The van der Waals surface area contributed by atoms with Crippen LogP contribution in [-0.2, 0) is 27.5 Å². The van der Waals surface area contributed by atoms with Crippen LogP contribution in [0.15, 0.2) is 0 Å². The predicted molar refractivity (Wildman–Crippen MR) is 85.2 cm³/mol. The van der Waals surface area contributed by atoms with Crippen molar-refractivity contribution in [3.05, 3.63) is 12.8 Å². The Bertz CT molecular complexity index is 93.9. The van der Waals surface area contributed by atoms with Crippen molar-refractivity contribution in [2.45, 2.75) is 93.3 Å². The van der Waals surface area contributed by atoms with Crippen LogP contribution in [0, 0.1) is 12.8 Å². The minimum atomic E-state index is -0.116. The molecule has 3 nitrogen and oxygen atoms in total. The molecule has 0 amide bonds. The maximum atomic E-state index is 8.36. The van der Waals surface area contributed by atoms with E-state index in [1.807, 2.05) is 13.8 Å². The first-order chi connectivity index (χ1) is 9.37. The quantitative estimate of drug-likeness (QED) is 0.708. The van der Waals surface area contributed by atoms with Crippen LogP contribution in [0.25, 0.3) is 0 Å². The van der Waals surface area contributed by atoms with Crippen molar-refractivity contribution in [3.63, 3.8) is 0 Å². The monoisotopic (exact) mass is 368 g/mol. The van der Waals surface area contributed by atoms with Crippen LogP contribution >= 0.6 is 0 Å². The molecule has 2 unspecified atom stereocenters. The zero-order valence-electron chi connectivity index (χ0n) is 14.9. The number of aliphatic hydroxyl groups excluding tert-OH is 2. The van der Waals surface area contributed by atoms with Crippen LogP contribution in [0.5, 0.6) is 0 Å². The molecule has 2 N–H and O–H groups in total. The van der Waals surface area contributed by atoms with E-state index in [-0.39, 0.29) is 12.2 Å². The van der Waals surface area contributed by atoms with Crippen molar-refractivity contribution in [2.24, 2.45) is 0 Å². The molecule has 0 aliphatic carbocycles. The zero-order chi connectivity index (χ0) is 17.4. The molecule has 0 aromatic carbocycles. The van der Waals surface area contributed by atoms with Crippen LogP contribution in [0.1, 0.15) is 81.1 Å². The standard InChI is InChI=1S/2C4H10O.2C4H9.O.Zr/c2*1-3-4(2)5;2*1-3-4-2;;/h2*4-5H,3H2,1-2H3;2*3H,4H2,1-2H3;;/q;;2*-1;;+2. The van der Waals surface area contributed by atoms with Gasteiger partial charge < -0.3 is 23.1 Å². The molecule has 0 bridgehead atoms. The van der Waals surface area contributed by atoms with Gasteiger partial charge in [-0.3, -0.25) is 0 Å². The van der Waals surface area contributed by atoms with E-state index in [2.05, 4.69) is 40.5 Å². The Morgan fingerprint density at radius 2 is 0.900 bits per heavy atom. The summed E-state index contributed by atoms with van der Waals surface area (Å²) in [5.41, 5.74) is 0. The van der Waals surface area contributed by atoms with Gasteiger partial charge in [-0.15, -0.1) is 0 Å². The third kappa shape index (κ3) is 132. The van der Waals surface area contributed by atoms with Crippen LogP contribution in [0.2, 0.25) is 0 Å². The van der Waals surface area contributed by atoms with E-state index in [0.717, 1.165) is 12.8 Å². The minimum absolute atomic E-state index is 0.116. The molecule has 0 fully saturated rings. The number of hydrogen-bond donors (Lipinski definition) is 2. The van der Waals surface area contributed by atoms with Gasteiger partial charge in [-0.2, -0.15) is 26.7 Å².